The smallest absolute Gasteiger partial charge is 0.257 e. The van der Waals surface area contributed by atoms with Gasteiger partial charge in [-0.15, -0.1) is 10.2 Å². The zero-order valence-corrected chi connectivity index (χ0v) is 14.0. The first-order valence-corrected chi connectivity index (χ1v) is 7.99. The first kappa shape index (κ1) is 14.7. The van der Waals surface area contributed by atoms with E-state index in [-0.39, 0.29) is 0 Å². The van der Waals surface area contributed by atoms with Crippen LogP contribution in [0.2, 0.25) is 0 Å². The lowest BCUT2D eigenvalue weighted by Crippen LogP contribution is -2.05. The Morgan fingerprint density at radius 2 is 1.75 bits per heavy atom. The van der Waals surface area contributed by atoms with Crippen LogP contribution < -0.4 is 0 Å². The third-order valence-electron chi connectivity index (χ3n) is 3.33. The van der Waals surface area contributed by atoms with E-state index in [9.17, 15) is 0 Å². The molecular formula is C16H11BrN6O. The van der Waals surface area contributed by atoms with Gasteiger partial charge in [0, 0.05) is 15.6 Å². The molecule has 0 aliphatic heterocycles. The molecule has 2 heterocycles. The minimum Gasteiger partial charge on any atom is -0.334 e. The summed E-state index contributed by atoms with van der Waals surface area (Å²) < 4.78 is 6.27. The molecule has 0 spiro atoms. The normalized spacial score (nSPS) is 10.9. The third kappa shape index (κ3) is 3.09. The van der Waals surface area contributed by atoms with Gasteiger partial charge in [0.15, 0.2) is 5.82 Å². The van der Waals surface area contributed by atoms with Crippen molar-refractivity contribution in [3.8, 4) is 22.8 Å². The van der Waals surface area contributed by atoms with Crippen molar-refractivity contribution in [3.05, 3.63) is 64.9 Å². The lowest BCUT2D eigenvalue weighted by molar-refractivity contribution is 0.415. The highest BCUT2D eigenvalue weighted by Gasteiger charge is 2.11. The van der Waals surface area contributed by atoms with Gasteiger partial charge in [-0.1, -0.05) is 39.3 Å². The monoisotopic (exact) mass is 382 g/mol. The number of nitrogens with zero attached hydrogens (tertiary/aromatic N) is 6. The quantitative estimate of drug-likeness (QED) is 0.538. The molecule has 8 heteroatoms. The molecule has 0 saturated heterocycles. The summed E-state index contributed by atoms with van der Waals surface area (Å²) in [4.78, 5) is 5.80. The molecule has 0 amide bonds. The van der Waals surface area contributed by atoms with Crippen LogP contribution in [0.15, 0.2) is 63.6 Å². The van der Waals surface area contributed by atoms with E-state index in [1.54, 1.807) is 0 Å². The Balaban J connectivity index is 1.52. The number of halogens is 1. The fourth-order valence-corrected chi connectivity index (χ4v) is 2.43. The maximum Gasteiger partial charge on any atom is 0.257 e. The molecule has 0 atom stereocenters. The minimum atomic E-state index is 0.292. The van der Waals surface area contributed by atoms with E-state index in [1.165, 1.54) is 4.80 Å². The minimum absolute atomic E-state index is 0.292. The Kier molecular flexibility index (Phi) is 3.87. The van der Waals surface area contributed by atoms with E-state index in [0.29, 0.717) is 24.1 Å². The van der Waals surface area contributed by atoms with Crippen LogP contribution >= 0.6 is 15.9 Å². The van der Waals surface area contributed by atoms with E-state index in [1.807, 2.05) is 54.6 Å². The van der Waals surface area contributed by atoms with Crippen LogP contribution in [0.5, 0.6) is 0 Å². The first-order valence-electron chi connectivity index (χ1n) is 7.20. The number of hydrogen-bond donors (Lipinski definition) is 0. The number of tetrazole rings is 1. The summed E-state index contributed by atoms with van der Waals surface area (Å²) in [6.07, 6.45) is 0. The van der Waals surface area contributed by atoms with Gasteiger partial charge in [0.1, 0.15) is 6.54 Å². The second kappa shape index (κ2) is 6.32. The topological polar surface area (TPSA) is 82.5 Å². The molecule has 0 saturated carbocycles. The van der Waals surface area contributed by atoms with Gasteiger partial charge in [-0.25, -0.2) is 0 Å². The second-order valence-electron chi connectivity index (χ2n) is 5.03. The molecule has 7 nitrogen and oxygen atoms in total. The van der Waals surface area contributed by atoms with Gasteiger partial charge in [-0.05, 0) is 41.6 Å². The van der Waals surface area contributed by atoms with Crippen molar-refractivity contribution < 1.29 is 4.52 Å². The molecule has 0 N–H and O–H groups in total. The molecule has 24 heavy (non-hydrogen) atoms. The summed E-state index contributed by atoms with van der Waals surface area (Å²) in [7, 11) is 0. The highest BCUT2D eigenvalue weighted by molar-refractivity contribution is 9.10. The average Bonchev–Trinajstić information content (AvgIpc) is 3.27. The Hall–Kier alpha value is -2.87. The van der Waals surface area contributed by atoms with E-state index < -0.39 is 0 Å². The molecule has 2 aromatic heterocycles. The van der Waals surface area contributed by atoms with Gasteiger partial charge in [0.25, 0.3) is 5.89 Å². The lowest BCUT2D eigenvalue weighted by atomic mass is 10.2. The molecule has 0 bridgehead atoms. The van der Waals surface area contributed by atoms with E-state index in [0.717, 1.165) is 15.6 Å². The van der Waals surface area contributed by atoms with Crippen molar-refractivity contribution >= 4 is 15.9 Å². The Bertz CT molecular complexity index is 948. The molecule has 0 radical (unpaired) electrons. The van der Waals surface area contributed by atoms with Crippen LogP contribution in [0.4, 0.5) is 0 Å². The van der Waals surface area contributed by atoms with Crippen molar-refractivity contribution in [2.45, 2.75) is 6.54 Å². The largest absolute Gasteiger partial charge is 0.334 e. The lowest BCUT2D eigenvalue weighted by Gasteiger charge is -1.94. The second-order valence-corrected chi connectivity index (χ2v) is 5.95. The molecule has 4 rings (SSSR count). The van der Waals surface area contributed by atoms with Gasteiger partial charge in [0.2, 0.25) is 5.82 Å². The van der Waals surface area contributed by atoms with Crippen molar-refractivity contribution in [1.29, 1.82) is 0 Å². The number of aromatic nitrogens is 6. The van der Waals surface area contributed by atoms with Gasteiger partial charge in [-0.3, -0.25) is 0 Å². The number of hydrogen-bond acceptors (Lipinski definition) is 6. The molecular weight excluding hydrogens is 372 g/mol. The van der Waals surface area contributed by atoms with E-state index in [4.69, 9.17) is 4.52 Å². The SMILES string of the molecule is Brc1ccc(-c2nnn(Cc3noc(-c4ccccc4)n3)n2)cc1. The fraction of sp³-hybridized carbons (Fsp3) is 0.0625. The Labute approximate surface area is 145 Å². The Morgan fingerprint density at radius 1 is 0.958 bits per heavy atom. The molecule has 0 unspecified atom stereocenters. The summed E-state index contributed by atoms with van der Waals surface area (Å²) in [6, 6.07) is 17.3. The van der Waals surface area contributed by atoms with Crippen LogP contribution in [-0.2, 0) is 6.54 Å². The number of benzene rings is 2. The summed E-state index contributed by atoms with van der Waals surface area (Å²) >= 11 is 3.40. The van der Waals surface area contributed by atoms with Crippen LogP contribution in [0, 0.1) is 0 Å². The van der Waals surface area contributed by atoms with Gasteiger partial charge in [-0.2, -0.15) is 9.78 Å². The summed E-state index contributed by atoms with van der Waals surface area (Å²) in [5.74, 6) is 1.52. The van der Waals surface area contributed by atoms with E-state index in [2.05, 4.69) is 41.5 Å². The highest BCUT2D eigenvalue weighted by Crippen LogP contribution is 2.18. The predicted molar refractivity (Wildman–Crippen MR) is 89.8 cm³/mol. The third-order valence-corrected chi connectivity index (χ3v) is 3.86. The zero-order chi connectivity index (χ0) is 16.4. The van der Waals surface area contributed by atoms with Gasteiger partial charge in [0.05, 0.1) is 0 Å². The maximum absolute atomic E-state index is 5.27. The van der Waals surface area contributed by atoms with Crippen molar-refractivity contribution in [1.82, 2.24) is 30.3 Å². The van der Waals surface area contributed by atoms with Crippen LogP contribution in [0.1, 0.15) is 5.82 Å². The molecule has 0 aliphatic carbocycles. The van der Waals surface area contributed by atoms with Crippen molar-refractivity contribution in [2.24, 2.45) is 0 Å². The fourth-order valence-electron chi connectivity index (χ4n) is 2.17. The van der Waals surface area contributed by atoms with Crippen LogP contribution in [0.25, 0.3) is 22.8 Å². The van der Waals surface area contributed by atoms with Crippen molar-refractivity contribution in [2.75, 3.05) is 0 Å². The molecule has 2 aromatic carbocycles. The molecule has 118 valence electrons. The van der Waals surface area contributed by atoms with Crippen molar-refractivity contribution in [3.63, 3.8) is 0 Å². The summed E-state index contributed by atoms with van der Waals surface area (Å²) in [5.41, 5.74) is 1.76. The Morgan fingerprint density at radius 3 is 2.54 bits per heavy atom. The van der Waals surface area contributed by atoms with Gasteiger partial charge >= 0.3 is 0 Å². The first-order chi connectivity index (χ1) is 11.8. The highest BCUT2D eigenvalue weighted by atomic mass is 79.9. The van der Waals surface area contributed by atoms with Gasteiger partial charge < -0.3 is 4.52 Å². The standard InChI is InChI=1S/C16H11BrN6O/c17-13-8-6-11(7-9-13)15-19-22-23(20-15)10-14-18-16(24-21-14)12-4-2-1-3-5-12/h1-9H,10H2. The van der Waals surface area contributed by atoms with E-state index >= 15 is 0 Å². The average molecular weight is 383 g/mol. The predicted octanol–water partition coefficient (Wildman–Crippen LogP) is 3.20. The van der Waals surface area contributed by atoms with Crippen LogP contribution in [-0.4, -0.2) is 30.3 Å². The molecule has 0 fully saturated rings. The molecule has 4 aromatic rings. The summed E-state index contributed by atoms with van der Waals surface area (Å²) in [6.45, 7) is 0.292. The number of rotatable bonds is 4. The van der Waals surface area contributed by atoms with Crippen LogP contribution in [0.3, 0.4) is 0 Å². The maximum atomic E-state index is 5.27. The zero-order valence-electron chi connectivity index (χ0n) is 12.4. The summed E-state index contributed by atoms with van der Waals surface area (Å²) in [5, 5.41) is 16.4. The molecule has 0 aliphatic rings.